The Balaban J connectivity index is 1.62. The summed E-state index contributed by atoms with van der Waals surface area (Å²) in [5.74, 6) is 0.0445. The molecule has 0 spiro atoms. The first-order valence-electron chi connectivity index (χ1n) is 7.52. The van der Waals surface area contributed by atoms with Crippen LogP contribution in [0.15, 0.2) is 24.3 Å². The van der Waals surface area contributed by atoms with E-state index in [1.54, 1.807) is 0 Å². The van der Waals surface area contributed by atoms with Crippen molar-refractivity contribution in [2.24, 2.45) is 0 Å². The molecule has 1 aromatic carbocycles. The summed E-state index contributed by atoms with van der Waals surface area (Å²) < 4.78 is 43.0. The quantitative estimate of drug-likeness (QED) is 0.882. The van der Waals surface area contributed by atoms with Crippen molar-refractivity contribution in [3.63, 3.8) is 0 Å². The number of alkyl halides is 3. The van der Waals surface area contributed by atoms with Gasteiger partial charge in [-0.2, -0.15) is 13.2 Å². The summed E-state index contributed by atoms with van der Waals surface area (Å²) in [6.07, 6.45) is -4.35. The number of carbonyl (C=O) groups excluding carboxylic acids is 1. The third kappa shape index (κ3) is 4.04. The Labute approximate surface area is 136 Å². The van der Waals surface area contributed by atoms with E-state index in [1.807, 2.05) is 24.3 Å². The van der Waals surface area contributed by atoms with Crippen LogP contribution in [0.4, 0.5) is 13.2 Å². The van der Waals surface area contributed by atoms with Gasteiger partial charge >= 0.3 is 6.18 Å². The molecule has 0 unspecified atom stereocenters. The molecule has 1 amide bonds. The second kappa shape index (κ2) is 6.78. The van der Waals surface area contributed by atoms with Gasteiger partial charge in [-0.3, -0.25) is 9.69 Å². The highest BCUT2D eigenvalue weighted by Crippen LogP contribution is 2.19. The van der Waals surface area contributed by atoms with E-state index in [-0.39, 0.29) is 26.3 Å². The summed E-state index contributed by atoms with van der Waals surface area (Å²) in [6.45, 7) is -0.809. The summed E-state index contributed by atoms with van der Waals surface area (Å²) in [6, 6.07) is 6.44. The standard InChI is InChI=1S/C15H17F3N4O2/c16-15(17,18)9-22-5-6-24-8-12(22)14(23)19-7-13-20-10-3-1-2-4-11(10)21-13/h1-4,12H,5-9H2,(H,19,23)(H,20,21)/t12-/m1/s1. The zero-order chi connectivity index (χ0) is 17.2. The SMILES string of the molecule is O=C(NCc1nc2ccccc2[nH]1)[C@H]1COCCN1CC(F)(F)F. The van der Waals surface area contributed by atoms with Gasteiger partial charge in [0.05, 0.1) is 37.3 Å². The number of fused-ring (bicyclic) bond motifs is 1. The molecule has 2 aromatic rings. The minimum atomic E-state index is -4.35. The van der Waals surface area contributed by atoms with Crippen molar-refractivity contribution >= 4 is 16.9 Å². The normalized spacial score (nSPS) is 19.5. The minimum absolute atomic E-state index is 0.0535. The fourth-order valence-electron chi connectivity index (χ4n) is 2.68. The van der Waals surface area contributed by atoms with Gasteiger partial charge in [-0.05, 0) is 12.1 Å². The maximum Gasteiger partial charge on any atom is 0.401 e. The van der Waals surface area contributed by atoms with Crippen molar-refractivity contribution in [1.29, 1.82) is 0 Å². The molecule has 9 heteroatoms. The number of ether oxygens (including phenoxy) is 1. The highest BCUT2D eigenvalue weighted by molar-refractivity contribution is 5.82. The molecular weight excluding hydrogens is 325 g/mol. The van der Waals surface area contributed by atoms with Gasteiger partial charge in [0.1, 0.15) is 11.9 Å². The average Bonchev–Trinajstić information content (AvgIpc) is 2.94. The van der Waals surface area contributed by atoms with Gasteiger partial charge in [-0.15, -0.1) is 0 Å². The van der Waals surface area contributed by atoms with Gasteiger partial charge in [-0.1, -0.05) is 12.1 Å². The highest BCUT2D eigenvalue weighted by Gasteiger charge is 2.38. The van der Waals surface area contributed by atoms with Crippen molar-refractivity contribution < 1.29 is 22.7 Å². The Morgan fingerprint density at radius 2 is 2.21 bits per heavy atom. The Morgan fingerprint density at radius 1 is 1.42 bits per heavy atom. The maximum absolute atomic E-state index is 12.6. The number of imidazole rings is 1. The second-order valence-electron chi connectivity index (χ2n) is 5.59. The number of benzene rings is 1. The number of morpholine rings is 1. The fourth-order valence-corrected chi connectivity index (χ4v) is 2.68. The van der Waals surface area contributed by atoms with E-state index in [1.165, 1.54) is 0 Å². The fraction of sp³-hybridized carbons (Fsp3) is 0.467. The zero-order valence-electron chi connectivity index (χ0n) is 12.8. The maximum atomic E-state index is 12.6. The van der Waals surface area contributed by atoms with E-state index >= 15 is 0 Å². The van der Waals surface area contributed by atoms with Crippen molar-refractivity contribution in [3.8, 4) is 0 Å². The molecule has 6 nitrogen and oxygen atoms in total. The third-order valence-electron chi connectivity index (χ3n) is 3.79. The predicted molar refractivity (Wildman–Crippen MR) is 80.2 cm³/mol. The van der Waals surface area contributed by atoms with Crippen molar-refractivity contribution in [1.82, 2.24) is 20.2 Å². The molecule has 130 valence electrons. The lowest BCUT2D eigenvalue weighted by Crippen LogP contribution is -2.55. The summed E-state index contributed by atoms with van der Waals surface area (Å²) in [7, 11) is 0. The number of aromatic nitrogens is 2. The molecule has 1 saturated heterocycles. The molecule has 2 heterocycles. The minimum Gasteiger partial charge on any atom is -0.378 e. The number of nitrogens with one attached hydrogen (secondary N) is 2. The van der Waals surface area contributed by atoms with Crippen LogP contribution in [0.5, 0.6) is 0 Å². The van der Waals surface area contributed by atoms with E-state index < -0.39 is 24.7 Å². The summed E-state index contributed by atoms with van der Waals surface area (Å²) >= 11 is 0. The van der Waals surface area contributed by atoms with Gasteiger partial charge in [0.25, 0.3) is 0 Å². The molecule has 3 rings (SSSR count). The van der Waals surface area contributed by atoms with Crippen molar-refractivity contribution in [2.75, 3.05) is 26.3 Å². The Bertz CT molecular complexity index is 683. The first-order valence-corrected chi connectivity index (χ1v) is 7.52. The van der Waals surface area contributed by atoms with Gasteiger partial charge in [-0.25, -0.2) is 4.98 Å². The smallest absolute Gasteiger partial charge is 0.378 e. The van der Waals surface area contributed by atoms with Crippen LogP contribution in [0.25, 0.3) is 11.0 Å². The molecule has 0 aliphatic carbocycles. The number of aromatic amines is 1. The third-order valence-corrected chi connectivity index (χ3v) is 3.79. The number of hydrogen-bond donors (Lipinski definition) is 2. The molecular formula is C15H17F3N4O2. The average molecular weight is 342 g/mol. The van der Waals surface area contributed by atoms with Gasteiger partial charge in [0, 0.05) is 6.54 Å². The molecule has 0 radical (unpaired) electrons. The predicted octanol–water partition coefficient (Wildman–Crippen LogP) is 1.44. The molecule has 1 fully saturated rings. The van der Waals surface area contributed by atoms with Crippen LogP contribution in [-0.2, 0) is 16.1 Å². The topological polar surface area (TPSA) is 70.2 Å². The number of halogens is 3. The molecule has 1 aromatic heterocycles. The van der Waals surface area contributed by atoms with Crippen LogP contribution in [-0.4, -0.2) is 59.3 Å². The van der Waals surface area contributed by atoms with Crippen LogP contribution < -0.4 is 5.32 Å². The number of rotatable bonds is 4. The molecule has 0 saturated carbocycles. The summed E-state index contributed by atoms with van der Waals surface area (Å²) in [5.41, 5.74) is 1.60. The lowest BCUT2D eigenvalue weighted by Gasteiger charge is -2.34. The van der Waals surface area contributed by atoms with Gasteiger partial charge < -0.3 is 15.0 Å². The number of H-pyrrole nitrogens is 1. The number of carbonyl (C=O) groups is 1. The number of nitrogens with zero attached hydrogens (tertiary/aromatic N) is 2. The number of hydrogen-bond acceptors (Lipinski definition) is 4. The largest absolute Gasteiger partial charge is 0.401 e. The summed E-state index contributed by atoms with van der Waals surface area (Å²) in [4.78, 5) is 20.7. The Kier molecular flexibility index (Phi) is 4.72. The van der Waals surface area contributed by atoms with Crippen LogP contribution >= 0.6 is 0 Å². The molecule has 1 aliphatic rings. The van der Waals surface area contributed by atoms with E-state index in [0.29, 0.717) is 5.82 Å². The lowest BCUT2D eigenvalue weighted by atomic mass is 10.2. The van der Waals surface area contributed by atoms with E-state index in [9.17, 15) is 18.0 Å². The Morgan fingerprint density at radius 3 is 2.96 bits per heavy atom. The zero-order valence-corrected chi connectivity index (χ0v) is 12.8. The summed E-state index contributed by atoms with van der Waals surface area (Å²) in [5, 5.41) is 2.62. The van der Waals surface area contributed by atoms with Crippen LogP contribution in [0.2, 0.25) is 0 Å². The molecule has 1 atom stereocenters. The van der Waals surface area contributed by atoms with Gasteiger partial charge in [0.15, 0.2) is 0 Å². The lowest BCUT2D eigenvalue weighted by molar-refractivity contribution is -0.166. The van der Waals surface area contributed by atoms with Crippen LogP contribution in [0.1, 0.15) is 5.82 Å². The highest BCUT2D eigenvalue weighted by atomic mass is 19.4. The van der Waals surface area contributed by atoms with Crippen molar-refractivity contribution in [2.45, 2.75) is 18.8 Å². The first kappa shape index (κ1) is 16.7. The molecule has 24 heavy (non-hydrogen) atoms. The van der Waals surface area contributed by atoms with E-state index in [4.69, 9.17) is 4.74 Å². The second-order valence-corrected chi connectivity index (χ2v) is 5.59. The Hall–Kier alpha value is -2.13. The number of amides is 1. The first-order chi connectivity index (χ1) is 11.4. The van der Waals surface area contributed by atoms with Crippen molar-refractivity contribution in [3.05, 3.63) is 30.1 Å². The molecule has 0 bridgehead atoms. The monoisotopic (exact) mass is 342 g/mol. The number of para-hydroxylation sites is 2. The molecule has 1 aliphatic heterocycles. The van der Waals surface area contributed by atoms with Crippen LogP contribution in [0, 0.1) is 0 Å². The van der Waals surface area contributed by atoms with E-state index in [2.05, 4.69) is 15.3 Å². The molecule has 2 N–H and O–H groups in total. The van der Waals surface area contributed by atoms with Gasteiger partial charge in [0.2, 0.25) is 5.91 Å². The van der Waals surface area contributed by atoms with Crippen LogP contribution in [0.3, 0.4) is 0 Å². The van der Waals surface area contributed by atoms with E-state index in [0.717, 1.165) is 15.9 Å².